The van der Waals surface area contributed by atoms with Gasteiger partial charge < -0.3 is 14.2 Å². The van der Waals surface area contributed by atoms with E-state index in [0.29, 0.717) is 12.4 Å². The van der Waals surface area contributed by atoms with Crippen molar-refractivity contribution in [3.63, 3.8) is 0 Å². The Hall–Kier alpha value is -1.92. The molecule has 0 amide bonds. The van der Waals surface area contributed by atoms with Crippen molar-refractivity contribution < 1.29 is 32.2 Å². The van der Waals surface area contributed by atoms with E-state index in [1.807, 2.05) is 0 Å². The molecule has 0 atom stereocenters. The fourth-order valence-corrected chi connectivity index (χ4v) is 1.42. The van der Waals surface area contributed by atoms with Crippen LogP contribution in [0.1, 0.15) is 24.2 Å². The van der Waals surface area contributed by atoms with E-state index in [4.69, 9.17) is 9.47 Å². The third-order valence-electron chi connectivity index (χ3n) is 2.15. The molecule has 0 aliphatic heterocycles. The second-order valence-corrected chi connectivity index (χ2v) is 3.72. The smallest absolute Gasteiger partial charge is 0.422 e. The van der Waals surface area contributed by atoms with Gasteiger partial charge in [-0.1, -0.05) is 0 Å². The van der Waals surface area contributed by atoms with Gasteiger partial charge in [-0.25, -0.2) is 4.79 Å². The minimum Gasteiger partial charge on any atom is -0.494 e. The Kier molecular flexibility index (Phi) is 5.66. The number of carbonyl (C=O) groups is 1. The zero-order chi connectivity index (χ0) is 15.2. The highest BCUT2D eigenvalue weighted by Gasteiger charge is 2.29. The molecular weight excluding hydrogens is 277 g/mol. The normalized spacial score (nSPS) is 11.1. The van der Waals surface area contributed by atoms with Crippen LogP contribution in [0.4, 0.5) is 13.2 Å². The molecule has 1 aromatic carbocycles. The van der Waals surface area contributed by atoms with E-state index in [1.54, 1.807) is 13.8 Å². The lowest BCUT2D eigenvalue weighted by Gasteiger charge is -2.13. The summed E-state index contributed by atoms with van der Waals surface area (Å²) in [4.78, 5) is 11.7. The number of carbonyl (C=O) groups excluding carboxylic acids is 1. The van der Waals surface area contributed by atoms with Gasteiger partial charge in [-0.05, 0) is 32.0 Å². The maximum atomic E-state index is 12.2. The molecule has 0 saturated heterocycles. The van der Waals surface area contributed by atoms with Gasteiger partial charge in [-0.15, -0.1) is 0 Å². The first-order valence-corrected chi connectivity index (χ1v) is 6.01. The largest absolute Gasteiger partial charge is 0.494 e. The highest BCUT2D eigenvalue weighted by Crippen LogP contribution is 2.27. The van der Waals surface area contributed by atoms with Gasteiger partial charge in [0.25, 0.3) is 0 Å². The molecule has 1 rings (SSSR count). The van der Waals surface area contributed by atoms with Crippen molar-refractivity contribution in [2.24, 2.45) is 0 Å². The van der Waals surface area contributed by atoms with Gasteiger partial charge in [0, 0.05) is 0 Å². The molecule has 0 unspecified atom stereocenters. The third kappa shape index (κ3) is 4.99. The molecule has 7 heteroatoms. The van der Waals surface area contributed by atoms with E-state index in [9.17, 15) is 18.0 Å². The molecule has 0 heterocycles. The number of hydrogen-bond acceptors (Lipinski definition) is 4. The maximum absolute atomic E-state index is 12.2. The number of alkyl halides is 3. The second-order valence-electron chi connectivity index (χ2n) is 3.72. The zero-order valence-corrected chi connectivity index (χ0v) is 11.1. The fourth-order valence-electron chi connectivity index (χ4n) is 1.42. The summed E-state index contributed by atoms with van der Waals surface area (Å²) in [5.74, 6) is -0.592. The van der Waals surface area contributed by atoms with Gasteiger partial charge in [0.15, 0.2) is 6.61 Å². The van der Waals surface area contributed by atoms with Crippen LogP contribution in [0, 0.1) is 0 Å². The van der Waals surface area contributed by atoms with Crippen LogP contribution in [-0.2, 0) is 4.74 Å². The molecule has 112 valence electrons. The minimum atomic E-state index is -4.48. The molecule has 0 aliphatic carbocycles. The first-order chi connectivity index (χ1) is 9.37. The highest BCUT2D eigenvalue weighted by atomic mass is 19.4. The molecule has 4 nitrogen and oxygen atoms in total. The summed E-state index contributed by atoms with van der Waals surface area (Å²) in [6.45, 7) is 2.34. The Balaban J connectivity index is 2.99. The number of ether oxygens (including phenoxy) is 3. The van der Waals surface area contributed by atoms with Crippen LogP contribution in [0.5, 0.6) is 11.5 Å². The molecule has 0 bridgehead atoms. The SMILES string of the molecule is CCOC(=O)c1cc(OCC)ccc1OCC(F)(F)F. The topological polar surface area (TPSA) is 44.8 Å². The maximum Gasteiger partial charge on any atom is 0.422 e. The second kappa shape index (κ2) is 7.02. The molecule has 0 fully saturated rings. The van der Waals surface area contributed by atoms with Crippen molar-refractivity contribution in [2.45, 2.75) is 20.0 Å². The molecule has 0 aromatic heterocycles. The molecule has 0 spiro atoms. The van der Waals surface area contributed by atoms with Crippen LogP contribution in [0.2, 0.25) is 0 Å². The summed E-state index contributed by atoms with van der Waals surface area (Å²) in [5.41, 5.74) is -0.0953. The summed E-state index contributed by atoms with van der Waals surface area (Å²) in [7, 11) is 0. The van der Waals surface area contributed by atoms with Crippen LogP contribution in [-0.4, -0.2) is 32.0 Å². The number of esters is 1. The summed E-state index contributed by atoms with van der Waals surface area (Å²) >= 11 is 0. The van der Waals surface area contributed by atoms with Crippen molar-refractivity contribution in [2.75, 3.05) is 19.8 Å². The number of rotatable bonds is 6. The summed E-state index contributed by atoms with van der Waals surface area (Å²) in [6, 6.07) is 3.98. The van der Waals surface area contributed by atoms with E-state index in [-0.39, 0.29) is 17.9 Å². The lowest BCUT2D eigenvalue weighted by molar-refractivity contribution is -0.153. The van der Waals surface area contributed by atoms with Crippen molar-refractivity contribution in [3.8, 4) is 11.5 Å². The fraction of sp³-hybridized carbons (Fsp3) is 0.462. The Morgan fingerprint density at radius 3 is 2.40 bits per heavy atom. The molecule has 0 aliphatic rings. The van der Waals surface area contributed by atoms with Crippen LogP contribution in [0.15, 0.2) is 18.2 Å². The molecule has 20 heavy (non-hydrogen) atoms. The Morgan fingerprint density at radius 1 is 1.15 bits per heavy atom. The average molecular weight is 292 g/mol. The van der Waals surface area contributed by atoms with Crippen LogP contribution in [0.3, 0.4) is 0 Å². The van der Waals surface area contributed by atoms with Gasteiger partial charge in [0.05, 0.1) is 13.2 Å². The zero-order valence-electron chi connectivity index (χ0n) is 11.1. The molecule has 0 radical (unpaired) electrons. The summed E-state index contributed by atoms with van der Waals surface area (Å²) < 4.78 is 51.1. The lowest BCUT2D eigenvalue weighted by Crippen LogP contribution is -2.20. The van der Waals surface area contributed by atoms with Crippen molar-refractivity contribution in [1.82, 2.24) is 0 Å². The molecule has 1 aromatic rings. The minimum absolute atomic E-state index is 0.0953. The van der Waals surface area contributed by atoms with Gasteiger partial charge in [0.1, 0.15) is 17.1 Å². The van der Waals surface area contributed by atoms with Crippen molar-refractivity contribution in [1.29, 1.82) is 0 Å². The lowest BCUT2D eigenvalue weighted by atomic mass is 10.2. The Labute approximate surface area is 114 Å². The van der Waals surface area contributed by atoms with E-state index >= 15 is 0 Å². The van der Waals surface area contributed by atoms with Gasteiger partial charge in [-0.2, -0.15) is 13.2 Å². The first-order valence-electron chi connectivity index (χ1n) is 6.01. The van der Waals surface area contributed by atoms with Crippen LogP contribution in [0.25, 0.3) is 0 Å². The average Bonchev–Trinajstić information content (AvgIpc) is 2.37. The van der Waals surface area contributed by atoms with Gasteiger partial charge in [0.2, 0.25) is 0 Å². The highest BCUT2D eigenvalue weighted by molar-refractivity contribution is 5.93. The third-order valence-corrected chi connectivity index (χ3v) is 2.15. The number of hydrogen-bond donors (Lipinski definition) is 0. The van der Waals surface area contributed by atoms with E-state index in [0.717, 1.165) is 0 Å². The van der Waals surface area contributed by atoms with Crippen LogP contribution < -0.4 is 9.47 Å². The monoisotopic (exact) mass is 292 g/mol. The van der Waals surface area contributed by atoms with E-state index in [2.05, 4.69) is 4.74 Å². The molecule has 0 saturated carbocycles. The van der Waals surface area contributed by atoms with E-state index in [1.165, 1.54) is 18.2 Å². The molecule has 0 N–H and O–H groups in total. The summed E-state index contributed by atoms with van der Waals surface area (Å²) in [5, 5.41) is 0. The van der Waals surface area contributed by atoms with Gasteiger partial charge >= 0.3 is 12.1 Å². The first kappa shape index (κ1) is 16.1. The molecular formula is C13H15F3O4. The van der Waals surface area contributed by atoms with Crippen LogP contribution >= 0.6 is 0 Å². The van der Waals surface area contributed by atoms with Crippen molar-refractivity contribution in [3.05, 3.63) is 23.8 Å². The van der Waals surface area contributed by atoms with E-state index < -0.39 is 18.8 Å². The summed E-state index contributed by atoms with van der Waals surface area (Å²) in [6.07, 6.45) is -4.48. The predicted molar refractivity (Wildman–Crippen MR) is 65.1 cm³/mol. The quantitative estimate of drug-likeness (QED) is 0.755. The van der Waals surface area contributed by atoms with Gasteiger partial charge in [-0.3, -0.25) is 0 Å². The Bertz CT molecular complexity index is 457. The standard InChI is InChI=1S/C13H15F3O4/c1-3-18-9-5-6-11(20-8-13(14,15)16)10(7-9)12(17)19-4-2/h5-7H,3-4,8H2,1-2H3. The number of benzene rings is 1. The Morgan fingerprint density at radius 2 is 1.85 bits per heavy atom. The number of halogens is 3. The predicted octanol–water partition coefficient (Wildman–Crippen LogP) is 3.20. The van der Waals surface area contributed by atoms with Crippen molar-refractivity contribution >= 4 is 5.97 Å².